The van der Waals surface area contributed by atoms with Gasteiger partial charge in [0.2, 0.25) is 0 Å². The lowest BCUT2D eigenvalue weighted by Crippen LogP contribution is -2.20. The predicted octanol–water partition coefficient (Wildman–Crippen LogP) is 0.790. The number of terminal acetylenes is 1. The van der Waals surface area contributed by atoms with Gasteiger partial charge in [0.15, 0.2) is 0 Å². The maximum absolute atomic E-state index is 5.42. The molecule has 0 heterocycles. The molecule has 0 saturated heterocycles. The van der Waals surface area contributed by atoms with Gasteiger partial charge in [0.05, 0.1) is 6.54 Å². The minimum atomic E-state index is 0.651. The normalized spacial score (nSPS) is 9.25. The number of rotatable bonds is 3. The lowest BCUT2D eigenvalue weighted by Gasteiger charge is -2.08. The van der Waals surface area contributed by atoms with Crippen LogP contribution in [0, 0.1) is 12.3 Å². The highest BCUT2D eigenvalue weighted by Crippen LogP contribution is 1.81. The fraction of sp³-hybridized carbons (Fsp3) is 0.667. The van der Waals surface area contributed by atoms with Gasteiger partial charge in [0.1, 0.15) is 0 Å². The molecule has 0 atom stereocenters. The summed E-state index contributed by atoms with van der Waals surface area (Å²) < 4.78 is 0. The molecule has 2 heteroatoms. The van der Waals surface area contributed by atoms with E-state index in [1.54, 1.807) is 0 Å². The van der Waals surface area contributed by atoms with Crippen LogP contribution < -0.4 is 0 Å². The quantitative estimate of drug-likeness (QED) is 0.405. The van der Waals surface area contributed by atoms with Gasteiger partial charge in [0.25, 0.3) is 0 Å². The van der Waals surface area contributed by atoms with Crippen LogP contribution in [-0.2, 0) is 0 Å². The van der Waals surface area contributed by atoms with E-state index in [-0.39, 0.29) is 0 Å². The van der Waals surface area contributed by atoms with Crippen molar-refractivity contribution in [2.24, 2.45) is 0 Å². The van der Waals surface area contributed by atoms with Crippen molar-refractivity contribution in [3.8, 4) is 12.3 Å². The van der Waals surface area contributed by atoms with E-state index >= 15 is 0 Å². The fourth-order valence-corrected chi connectivity index (χ4v) is 0.668. The molecule has 0 aromatic rings. The Kier molecular flexibility index (Phi) is 4.84. The molecule has 0 amide bonds. The molecule has 0 aliphatic carbocycles. The fourth-order valence-electron chi connectivity index (χ4n) is 0.379. The van der Waals surface area contributed by atoms with Crippen LogP contribution in [0.5, 0.6) is 0 Å². The molecule has 0 N–H and O–H groups in total. The SMILES string of the molecule is C#CCN(C)CCCl. The molecule has 0 aromatic carbocycles. The zero-order chi connectivity index (χ0) is 6.41. The van der Waals surface area contributed by atoms with Crippen molar-refractivity contribution in [2.75, 3.05) is 26.0 Å². The van der Waals surface area contributed by atoms with Crippen molar-refractivity contribution in [2.45, 2.75) is 0 Å². The molecule has 0 aromatic heterocycles. The summed E-state index contributed by atoms with van der Waals surface area (Å²) in [6, 6.07) is 0. The van der Waals surface area contributed by atoms with Gasteiger partial charge in [-0.05, 0) is 7.05 Å². The number of hydrogen-bond donors (Lipinski definition) is 0. The van der Waals surface area contributed by atoms with E-state index in [1.807, 2.05) is 11.9 Å². The van der Waals surface area contributed by atoms with E-state index in [0.29, 0.717) is 12.4 Å². The maximum Gasteiger partial charge on any atom is 0.0596 e. The molecule has 46 valence electrons. The summed E-state index contributed by atoms with van der Waals surface area (Å²) in [5, 5.41) is 0. The Morgan fingerprint density at radius 1 is 1.75 bits per heavy atom. The van der Waals surface area contributed by atoms with Gasteiger partial charge >= 0.3 is 0 Å². The van der Waals surface area contributed by atoms with Crippen molar-refractivity contribution < 1.29 is 0 Å². The van der Waals surface area contributed by atoms with E-state index in [0.717, 1.165) is 6.54 Å². The molecule has 0 rings (SSSR count). The van der Waals surface area contributed by atoms with Crippen molar-refractivity contribution >= 4 is 11.6 Å². The minimum Gasteiger partial charge on any atom is -0.294 e. The lowest BCUT2D eigenvalue weighted by molar-refractivity contribution is 0.401. The largest absolute Gasteiger partial charge is 0.294 e. The molecular formula is C6H10ClN. The third-order valence-corrected chi connectivity index (χ3v) is 0.996. The van der Waals surface area contributed by atoms with Crippen LogP contribution in [0.4, 0.5) is 0 Å². The highest BCUT2D eigenvalue weighted by Gasteiger charge is 1.89. The first-order chi connectivity index (χ1) is 3.81. The van der Waals surface area contributed by atoms with E-state index in [1.165, 1.54) is 0 Å². The predicted molar refractivity (Wildman–Crippen MR) is 37.1 cm³/mol. The average molecular weight is 132 g/mol. The van der Waals surface area contributed by atoms with Crippen molar-refractivity contribution in [1.82, 2.24) is 4.90 Å². The summed E-state index contributed by atoms with van der Waals surface area (Å²) >= 11 is 5.42. The van der Waals surface area contributed by atoms with Gasteiger partial charge in [0, 0.05) is 12.4 Å². The third kappa shape index (κ3) is 3.98. The minimum absolute atomic E-state index is 0.651. The van der Waals surface area contributed by atoms with E-state index in [4.69, 9.17) is 18.0 Å². The van der Waals surface area contributed by atoms with E-state index in [2.05, 4.69) is 5.92 Å². The highest BCUT2D eigenvalue weighted by molar-refractivity contribution is 6.18. The van der Waals surface area contributed by atoms with Gasteiger partial charge in [-0.1, -0.05) is 5.92 Å². The number of halogens is 1. The Morgan fingerprint density at radius 3 is 2.75 bits per heavy atom. The summed E-state index contributed by atoms with van der Waals surface area (Å²) in [5.74, 6) is 3.17. The smallest absolute Gasteiger partial charge is 0.0596 e. The summed E-state index contributed by atoms with van der Waals surface area (Å²) in [6.45, 7) is 1.55. The number of hydrogen-bond acceptors (Lipinski definition) is 1. The molecule has 0 aliphatic heterocycles. The van der Waals surface area contributed by atoms with E-state index in [9.17, 15) is 0 Å². The second kappa shape index (κ2) is 4.96. The molecule has 0 aliphatic rings. The van der Waals surface area contributed by atoms with Crippen LogP contribution in [0.15, 0.2) is 0 Å². The molecule has 0 unspecified atom stereocenters. The first kappa shape index (κ1) is 7.81. The summed E-state index contributed by atoms with van der Waals surface area (Å²) in [4.78, 5) is 1.99. The van der Waals surface area contributed by atoms with Crippen molar-refractivity contribution in [3.05, 3.63) is 0 Å². The Morgan fingerprint density at radius 2 is 2.38 bits per heavy atom. The topological polar surface area (TPSA) is 3.24 Å². The molecule has 0 radical (unpaired) electrons. The van der Waals surface area contributed by atoms with Crippen LogP contribution in [0.25, 0.3) is 0 Å². The van der Waals surface area contributed by atoms with Crippen LogP contribution in [0.3, 0.4) is 0 Å². The van der Waals surface area contributed by atoms with Crippen LogP contribution >= 0.6 is 11.6 Å². The Bertz CT molecular complexity index is 85.0. The zero-order valence-corrected chi connectivity index (χ0v) is 5.78. The van der Waals surface area contributed by atoms with Crippen molar-refractivity contribution in [3.63, 3.8) is 0 Å². The van der Waals surface area contributed by atoms with Gasteiger partial charge in [-0.25, -0.2) is 0 Å². The van der Waals surface area contributed by atoms with Gasteiger partial charge in [-0.3, -0.25) is 4.90 Å². The number of alkyl halides is 1. The molecule has 0 fully saturated rings. The summed E-state index contributed by atoms with van der Waals surface area (Å²) in [6.07, 6.45) is 5.02. The van der Waals surface area contributed by atoms with Crippen LogP contribution in [-0.4, -0.2) is 30.9 Å². The maximum atomic E-state index is 5.42. The molecule has 1 nitrogen and oxygen atoms in total. The highest BCUT2D eigenvalue weighted by atomic mass is 35.5. The van der Waals surface area contributed by atoms with E-state index < -0.39 is 0 Å². The van der Waals surface area contributed by atoms with Crippen LogP contribution in [0.2, 0.25) is 0 Å². The average Bonchev–Trinajstić information content (AvgIpc) is 1.68. The Labute approximate surface area is 55.6 Å². The zero-order valence-electron chi connectivity index (χ0n) is 5.02. The summed E-state index contributed by atoms with van der Waals surface area (Å²) in [7, 11) is 1.95. The number of nitrogens with zero attached hydrogens (tertiary/aromatic N) is 1. The van der Waals surface area contributed by atoms with Gasteiger partial charge in [-0.15, -0.1) is 18.0 Å². The molecule has 8 heavy (non-hydrogen) atoms. The molecule has 0 bridgehead atoms. The molecule has 0 spiro atoms. The monoisotopic (exact) mass is 131 g/mol. The van der Waals surface area contributed by atoms with Crippen molar-refractivity contribution in [1.29, 1.82) is 0 Å². The lowest BCUT2D eigenvalue weighted by atomic mass is 10.5. The Hall–Kier alpha value is -0.190. The molecule has 0 saturated carbocycles. The standard InChI is InChI=1S/C6H10ClN/c1-3-5-8(2)6-4-7/h1H,4-6H2,2H3. The second-order valence-corrected chi connectivity index (χ2v) is 2.01. The second-order valence-electron chi connectivity index (χ2n) is 1.63. The van der Waals surface area contributed by atoms with Gasteiger partial charge in [-0.2, -0.15) is 0 Å². The third-order valence-electron chi connectivity index (χ3n) is 0.827. The Balaban J connectivity index is 3.08. The van der Waals surface area contributed by atoms with Crippen LogP contribution in [0.1, 0.15) is 0 Å². The first-order valence-electron chi connectivity index (χ1n) is 2.49. The van der Waals surface area contributed by atoms with Gasteiger partial charge < -0.3 is 0 Å². The molecular weight excluding hydrogens is 122 g/mol. The summed E-state index contributed by atoms with van der Waals surface area (Å²) in [5.41, 5.74) is 0. The first-order valence-corrected chi connectivity index (χ1v) is 3.02.